The summed E-state index contributed by atoms with van der Waals surface area (Å²) in [6.07, 6.45) is 2.75. The van der Waals surface area contributed by atoms with Crippen molar-refractivity contribution in [2.24, 2.45) is 0 Å². The minimum absolute atomic E-state index is 0.0324. The van der Waals surface area contributed by atoms with Crippen LogP contribution in [0, 0.1) is 5.82 Å². The van der Waals surface area contributed by atoms with Crippen LogP contribution in [0.2, 0.25) is 0 Å². The summed E-state index contributed by atoms with van der Waals surface area (Å²) in [5.74, 6) is -1.56. The van der Waals surface area contributed by atoms with Crippen LogP contribution < -0.4 is 5.69 Å². The molecular formula is C15H10FN5O4S. The summed E-state index contributed by atoms with van der Waals surface area (Å²) >= 11 is 0. The summed E-state index contributed by atoms with van der Waals surface area (Å²) in [5.41, 5.74) is -0.453. The molecule has 0 aliphatic rings. The average molecular weight is 375 g/mol. The smallest absolute Gasteiger partial charge is 0.284 e. The molecule has 9 nitrogen and oxygen atoms in total. The van der Waals surface area contributed by atoms with Crippen LogP contribution >= 0.6 is 0 Å². The third-order valence-electron chi connectivity index (χ3n) is 3.76. The van der Waals surface area contributed by atoms with Gasteiger partial charge in [0.25, 0.3) is 10.1 Å². The van der Waals surface area contributed by atoms with Crippen LogP contribution in [0.4, 0.5) is 4.39 Å². The minimum Gasteiger partial charge on any atom is -0.284 e. The number of aromatic nitrogens is 5. The van der Waals surface area contributed by atoms with Crippen molar-refractivity contribution >= 4 is 26.7 Å². The molecule has 1 N–H and O–H groups in total. The van der Waals surface area contributed by atoms with Gasteiger partial charge in [-0.15, -0.1) is 5.10 Å². The molecule has 4 aromatic rings. The molecule has 0 amide bonds. The number of hydrogen-bond acceptors (Lipinski definition) is 6. The summed E-state index contributed by atoms with van der Waals surface area (Å²) in [5, 5.41) is 4.34. The Morgan fingerprint density at radius 2 is 1.96 bits per heavy atom. The van der Waals surface area contributed by atoms with Crippen LogP contribution in [0.1, 0.15) is 0 Å². The quantitative estimate of drug-likeness (QED) is 0.532. The van der Waals surface area contributed by atoms with Gasteiger partial charge in [0.05, 0.1) is 16.5 Å². The first-order chi connectivity index (χ1) is 12.3. The maximum absolute atomic E-state index is 14.0. The second-order valence-corrected chi connectivity index (χ2v) is 6.89. The Bertz CT molecular complexity index is 1330. The molecule has 0 atom stereocenters. The molecule has 0 saturated heterocycles. The molecule has 0 radical (unpaired) electrons. The van der Waals surface area contributed by atoms with Gasteiger partial charge in [-0.3, -0.25) is 14.1 Å². The Morgan fingerprint density at radius 3 is 2.69 bits per heavy atom. The van der Waals surface area contributed by atoms with Crippen molar-refractivity contribution in [3.05, 3.63) is 59.0 Å². The summed E-state index contributed by atoms with van der Waals surface area (Å²) in [6.45, 7) is 0. The van der Waals surface area contributed by atoms with Gasteiger partial charge in [-0.25, -0.2) is 14.2 Å². The number of fused-ring (bicyclic) bond motifs is 3. The highest BCUT2D eigenvalue weighted by Gasteiger charge is 2.19. The molecule has 3 aromatic heterocycles. The zero-order valence-corrected chi connectivity index (χ0v) is 13.8. The molecule has 1 aromatic carbocycles. The van der Waals surface area contributed by atoms with Crippen molar-refractivity contribution < 1.29 is 17.4 Å². The number of pyridine rings is 1. The van der Waals surface area contributed by atoms with Gasteiger partial charge >= 0.3 is 5.69 Å². The highest BCUT2D eigenvalue weighted by Crippen LogP contribution is 2.22. The van der Waals surface area contributed by atoms with Gasteiger partial charge in [0.15, 0.2) is 17.3 Å². The molecule has 0 saturated carbocycles. The zero-order chi connectivity index (χ0) is 18.5. The standard InChI is InChI=1S/C15H10FN5O4S/c16-11-4-2-1-3-9(11)13-18-14-10-7-17-6-5-12(10)20(8-26(23,24)25)15(22)21(14)19-13/h1-7H,8H2,(H,23,24,25). The lowest BCUT2D eigenvalue weighted by Crippen LogP contribution is -2.30. The largest absolute Gasteiger partial charge is 0.352 e. The first-order valence-corrected chi connectivity index (χ1v) is 8.89. The first kappa shape index (κ1) is 16.3. The van der Waals surface area contributed by atoms with E-state index in [1.54, 1.807) is 6.07 Å². The molecule has 0 aliphatic heterocycles. The van der Waals surface area contributed by atoms with Gasteiger partial charge in [0, 0.05) is 12.4 Å². The molecule has 0 spiro atoms. The summed E-state index contributed by atoms with van der Waals surface area (Å²) in [6, 6.07) is 7.21. The van der Waals surface area contributed by atoms with E-state index < -0.39 is 27.5 Å². The maximum Gasteiger partial charge on any atom is 0.352 e. The molecule has 4 rings (SSSR count). The topological polar surface area (TPSA) is 119 Å². The van der Waals surface area contributed by atoms with Crippen LogP contribution in [-0.2, 0) is 16.0 Å². The Kier molecular flexibility index (Phi) is 3.56. The highest BCUT2D eigenvalue weighted by molar-refractivity contribution is 7.84. The van der Waals surface area contributed by atoms with Crippen molar-refractivity contribution in [3.8, 4) is 11.4 Å². The Hall–Kier alpha value is -3.18. The van der Waals surface area contributed by atoms with E-state index in [2.05, 4.69) is 15.1 Å². The van der Waals surface area contributed by atoms with Crippen molar-refractivity contribution in [3.63, 3.8) is 0 Å². The first-order valence-electron chi connectivity index (χ1n) is 7.28. The third-order valence-corrected chi connectivity index (χ3v) is 4.34. The van der Waals surface area contributed by atoms with Crippen LogP contribution in [0.15, 0.2) is 47.5 Å². The molecule has 0 unspecified atom stereocenters. The molecule has 0 bridgehead atoms. The number of halogens is 1. The second-order valence-electron chi connectivity index (χ2n) is 5.47. The fourth-order valence-electron chi connectivity index (χ4n) is 2.68. The molecule has 3 heterocycles. The highest BCUT2D eigenvalue weighted by atomic mass is 32.2. The van der Waals surface area contributed by atoms with E-state index in [4.69, 9.17) is 4.55 Å². The molecule has 0 aliphatic carbocycles. The van der Waals surface area contributed by atoms with E-state index in [0.717, 1.165) is 9.08 Å². The molecule has 11 heteroatoms. The van der Waals surface area contributed by atoms with Crippen molar-refractivity contribution in [2.45, 2.75) is 5.88 Å². The summed E-state index contributed by atoms with van der Waals surface area (Å²) < 4.78 is 47.4. The molecule has 0 fully saturated rings. The molecule has 132 valence electrons. The van der Waals surface area contributed by atoms with Gasteiger partial charge in [0.1, 0.15) is 5.82 Å². The average Bonchev–Trinajstić information content (AvgIpc) is 3.03. The van der Waals surface area contributed by atoms with E-state index >= 15 is 0 Å². The van der Waals surface area contributed by atoms with Crippen LogP contribution in [-0.4, -0.2) is 37.1 Å². The fraction of sp³-hybridized carbons (Fsp3) is 0.0667. The molecule has 26 heavy (non-hydrogen) atoms. The SMILES string of the molecule is O=c1n(CS(=O)(=O)O)c2ccncc2c2nc(-c3ccccc3F)nn12. The number of rotatable bonds is 3. The summed E-state index contributed by atoms with van der Waals surface area (Å²) in [7, 11) is -4.49. The van der Waals surface area contributed by atoms with Gasteiger partial charge < -0.3 is 0 Å². The maximum atomic E-state index is 14.0. The van der Waals surface area contributed by atoms with Crippen molar-refractivity contribution in [2.75, 3.05) is 0 Å². The van der Waals surface area contributed by atoms with Crippen molar-refractivity contribution in [1.29, 1.82) is 0 Å². The number of hydrogen-bond donors (Lipinski definition) is 1. The second kappa shape index (κ2) is 5.68. The monoisotopic (exact) mass is 375 g/mol. The van der Waals surface area contributed by atoms with Gasteiger partial charge in [0.2, 0.25) is 0 Å². The van der Waals surface area contributed by atoms with Crippen LogP contribution in [0.25, 0.3) is 27.9 Å². The van der Waals surface area contributed by atoms with Crippen LogP contribution in [0.3, 0.4) is 0 Å². The van der Waals surface area contributed by atoms with E-state index in [-0.39, 0.29) is 22.6 Å². The fourth-order valence-corrected chi connectivity index (χ4v) is 3.25. The Labute approximate surface area is 145 Å². The van der Waals surface area contributed by atoms with Crippen LogP contribution in [0.5, 0.6) is 0 Å². The van der Waals surface area contributed by atoms with Gasteiger partial charge in [-0.05, 0) is 18.2 Å². The Balaban J connectivity index is 2.11. The lowest BCUT2D eigenvalue weighted by atomic mass is 10.2. The normalized spacial score (nSPS) is 12.1. The number of nitrogens with zero attached hydrogens (tertiary/aromatic N) is 5. The lowest BCUT2D eigenvalue weighted by Gasteiger charge is -2.08. The number of benzene rings is 1. The van der Waals surface area contributed by atoms with Gasteiger partial charge in [-0.2, -0.15) is 12.9 Å². The van der Waals surface area contributed by atoms with E-state index in [9.17, 15) is 17.6 Å². The zero-order valence-electron chi connectivity index (χ0n) is 12.9. The molecular weight excluding hydrogens is 365 g/mol. The summed E-state index contributed by atoms with van der Waals surface area (Å²) in [4.78, 5) is 20.8. The minimum atomic E-state index is -4.49. The van der Waals surface area contributed by atoms with E-state index in [0.29, 0.717) is 5.39 Å². The third kappa shape index (κ3) is 2.62. The predicted octanol–water partition coefficient (Wildman–Crippen LogP) is 1.09. The van der Waals surface area contributed by atoms with Crippen molar-refractivity contribution in [1.82, 2.24) is 24.1 Å². The Morgan fingerprint density at radius 1 is 1.19 bits per heavy atom. The lowest BCUT2D eigenvalue weighted by molar-refractivity contribution is 0.470. The van der Waals surface area contributed by atoms with Gasteiger partial charge in [-0.1, -0.05) is 12.1 Å². The van der Waals surface area contributed by atoms with E-state index in [1.807, 2.05) is 0 Å². The van der Waals surface area contributed by atoms with E-state index in [1.165, 1.54) is 36.7 Å². The predicted molar refractivity (Wildman–Crippen MR) is 89.5 cm³/mol.